The smallest absolute Gasteiger partial charge is 0.189 e. The number of phenolic OH excluding ortho intramolecular Hbond substituents is 1. The van der Waals surface area contributed by atoms with Crippen LogP contribution in [0.5, 0.6) is 5.75 Å². The van der Waals surface area contributed by atoms with Crippen molar-refractivity contribution in [1.29, 1.82) is 0 Å². The van der Waals surface area contributed by atoms with Crippen molar-refractivity contribution in [2.24, 2.45) is 0 Å². The number of fused-ring (bicyclic) bond motifs is 1. The largest absolute Gasteiger partial charge is 0.508 e. The molecule has 0 heterocycles. The molecule has 0 bridgehead atoms. The van der Waals surface area contributed by atoms with Gasteiger partial charge in [-0.05, 0) is 29.8 Å². The van der Waals surface area contributed by atoms with Gasteiger partial charge in [-0.15, -0.1) is 0 Å². The molecule has 1 aliphatic rings. The number of benzene rings is 2. The third-order valence-corrected chi connectivity index (χ3v) is 3.27. The Kier molecular flexibility index (Phi) is 2.67. The highest BCUT2D eigenvalue weighted by Crippen LogP contribution is 2.33. The Morgan fingerprint density at radius 1 is 1.11 bits per heavy atom. The molecule has 19 heavy (non-hydrogen) atoms. The molecule has 0 aliphatic heterocycles. The predicted octanol–water partition coefficient (Wildman–Crippen LogP) is 3.35. The van der Waals surface area contributed by atoms with Gasteiger partial charge in [0, 0.05) is 23.1 Å². The summed E-state index contributed by atoms with van der Waals surface area (Å²) in [4.78, 5) is 12.2. The summed E-state index contributed by atoms with van der Waals surface area (Å²) in [6, 6.07) is 10.9. The molecule has 2 nitrogen and oxygen atoms in total. The number of halogens is 1. The van der Waals surface area contributed by atoms with E-state index in [0.717, 1.165) is 5.56 Å². The number of hydrogen-bond donors (Lipinski definition) is 1. The molecule has 94 valence electrons. The quantitative estimate of drug-likeness (QED) is 0.792. The molecule has 1 aliphatic carbocycles. The standard InChI is InChI=1S/C16H11FO2/c17-12-6-4-10(5-7-12)8-11-9-14-13(16(11)19)2-1-3-15(14)18/h1-8,18H,9H2/b11-8+. The molecule has 0 aromatic heterocycles. The van der Waals surface area contributed by atoms with E-state index in [1.807, 2.05) is 0 Å². The number of ketones is 1. The molecule has 3 heteroatoms. The fourth-order valence-corrected chi connectivity index (χ4v) is 2.29. The van der Waals surface area contributed by atoms with E-state index in [-0.39, 0.29) is 17.3 Å². The van der Waals surface area contributed by atoms with Gasteiger partial charge in [-0.2, -0.15) is 0 Å². The molecular weight excluding hydrogens is 243 g/mol. The van der Waals surface area contributed by atoms with Gasteiger partial charge in [0.15, 0.2) is 5.78 Å². The minimum Gasteiger partial charge on any atom is -0.508 e. The fourth-order valence-electron chi connectivity index (χ4n) is 2.29. The van der Waals surface area contributed by atoms with Crippen molar-refractivity contribution in [2.45, 2.75) is 6.42 Å². The minimum absolute atomic E-state index is 0.0739. The van der Waals surface area contributed by atoms with Crippen LogP contribution in [0.2, 0.25) is 0 Å². The number of Topliss-reactive ketones (excluding diaryl/α,β-unsaturated/α-hetero) is 1. The second kappa shape index (κ2) is 4.35. The molecule has 0 saturated heterocycles. The Labute approximate surface area is 109 Å². The van der Waals surface area contributed by atoms with E-state index in [0.29, 0.717) is 23.1 Å². The molecule has 0 spiro atoms. The summed E-state index contributed by atoms with van der Waals surface area (Å²) in [7, 11) is 0. The molecule has 0 atom stereocenters. The van der Waals surface area contributed by atoms with Crippen LogP contribution in [0.1, 0.15) is 21.5 Å². The van der Waals surface area contributed by atoms with Gasteiger partial charge in [-0.3, -0.25) is 4.79 Å². The molecular formula is C16H11FO2. The van der Waals surface area contributed by atoms with Crippen molar-refractivity contribution in [3.05, 3.63) is 70.5 Å². The van der Waals surface area contributed by atoms with E-state index in [9.17, 15) is 14.3 Å². The molecule has 2 aromatic carbocycles. The van der Waals surface area contributed by atoms with Crippen molar-refractivity contribution in [2.75, 3.05) is 0 Å². The van der Waals surface area contributed by atoms with Gasteiger partial charge in [-0.1, -0.05) is 24.3 Å². The maximum atomic E-state index is 12.8. The molecule has 0 amide bonds. The van der Waals surface area contributed by atoms with Crippen LogP contribution in [0, 0.1) is 5.82 Å². The van der Waals surface area contributed by atoms with Gasteiger partial charge < -0.3 is 5.11 Å². The first kappa shape index (κ1) is 11.7. The van der Waals surface area contributed by atoms with Crippen LogP contribution in [0.25, 0.3) is 6.08 Å². The maximum Gasteiger partial charge on any atom is 0.189 e. The van der Waals surface area contributed by atoms with E-state index in [4.69, 9.17) is 0 Å². The second-order valence-electron chi connectivity index (χ2n) is 4.53. The fraction of sp³-hybridized carbons (Fsp3) is 0.0625. The number of carbonyl (C=O) groups excluding carboxylic acids is 1. The molecule has 0 fully saturated rings. The Hall–Kier alpha value is -2.42. The summed E-state index contributed by atoms with van der Waals surface area (Å²) < 4.78 is 12.8. The third-order valence-electron chi connectivity index (χ3n) is 3.27. The summed E-state index contributed by atoms with van der Waals surface area (Å²) in [6.45, 7) is 0. The summed E-state index contributed by atoms with van der Waals surface area (Å²) in [5.41, 5.74) is 2.61. The van der Waals surface area contributed by atoms with Gasteiger partial charge in [0.2, 0.25) is 0 Å². The van der Waals surface area contributed by atoms with E-state index < -0.39 is 0 Å². The van der Waals surface area contributed by atoms with Crippen LogP contribution in [-0.2, 0) is 6.42 Å². The summed E-state index contributed by atoms with van der Waals surface area (Å²) in [5, 5.41) is 9.74. The molecule has 3 rings (SSSR count). The Morgan fingerprint density at radius 3 is 2.53 bits per heavy atom. The lowest BCUT2D eigenvalue weighted by atomic mass is 10.1. The molecule has 0 saturated carbocycles. The number of allylic oxidation sites excluding steroid dienone is 1. The van der Waals surface area contributed by atoms with E-state index >= 15 is 0 Å². The SMILES string of the molecule is O=C1/C(=C/c2ccc(F)cc2)Cc2c(O)cccc21. The molecule has 0 unspecified atom stereocenters. The lowest BCUT2D eigenvalue weighted by Crippen LogP contribution is -1.94. The first-order chi connectivity index (χ1) is 9.15. The minimum atomic E-state index is -0.305. The lowest BCUT2D eigenvalue weighted by molar-refractivity contribution is 0.104. The zero-order chi connectivity index (χ0) is 13.4. The third kappa shape index (κ3) is 2.03. The highest BCUT2D eigenvalue weighted by atomic mass is 19.1. The van der Waals surface area contributed by atoms with Crippen LogP contribution in [0.3, 0.4) is 0 Å². The van der Waals surface area contributed by atoms with Crippen LogP contribution < -0.4 is 0 Å². The number of carbonyl (C=O) groups is 1. The van der Waals surface area contributed by atoms with Crippen LogP contribution >= 0.6 is 0 Å². The van der Waals surface area contributed by atoms with E-state index in [1.54, 1.807) is 36.4 Å². The number of hydrogen-bond acceptors (Lipinski definition) is 2. The molecule has 2 aromatic rings. The first-order valence-electron chi connectivity index (χ1n) is 5.97. The number of phenols is 1. The highest BCUT2D eigenvalue weighted by Gasteiger charge is 2.26. The van der Waals surface area contributed by atoms with E-state index in [1.165, 1.54) is 12.1 Å². The topological polar surface area (TPSA) is 37.3 Å². The van der Waals surface area contributed by atoms with Gasteiger partial charge >= 0.3 is 0 Å². The summed E-state index contributed by atoms with van der Waals surface area (Å²) >= 11 is 0. The lowest BCUT2D eigenvalue weighted by Gasteiger charge is -1.98. The van der Waals surface area contributed by atoms with Crippen molar-refractivity contribution in [3.63, 3.8) is 0 Å². The summed E-state index contributed by atoms with van der Waals surface area (Å²) in [5.74, 6) is -0.232. The maximum absolute atomic E-state index is 12.8. The van der Waals surface area contributed by atoms with Crippen LogP contribution in [0.4, 0.5) is 4.39 Å². The second-order valence-corrected chi connectivity index (χ2v) is 4.53. The summed E-state index contributed by atoms with van der Waals surface area (Å²) in [6.07, 6.45) is 2.15. The number of rotatable bonds is 1. The Bertz CT molecular complexity index is 684. The zero-order valence-electron chi connectivity index (χ0n) is 10.1. The van der Waals surface area contributed by atoms with E-state index in [2.05, 4.69) is 0 Å². The normalized spacial score (nSPS) is 15.8. The number of aromatic hydroxyl groups is 1. The van der Waals surface area contributed by atoms with Gasteiger partial charge in [0.1, 0.15) is 11.6 Å². The predicted molar refractivity (Wildman–Crippen MR) is 70.5 cm³/mol. The molecule has 0 radical (unpaired) electrons. The van der Waals surface area contributed by atoms with Crippen LogP contribution in [0.15, 0.2) is 48.0 Å². The van der Waals surface area contributed by atoms with Crippen molar-refractivity contribution in [3.8, 4) is 5.75 Å². The van der Waals surface area contributed by atoms with Gasteiger partial charge in [-0.25, -0.2) is 4.39 Å². The average Bonchev–Trinajstić information content (AvgIpc) is 2.72. The van der Waals surface area contributed by atoms with Crippen molar-refractivity contribution < 1.29 is 14.3 Å². The average molecular weight is 254 g/mol. The van der Waals surface area contributed by atoms with Gasteiger partial charge in [0.25, 0.3) is 0 Å². The zero-order valence-corrected chi connectivity index (χ0v) is 10.1. The van der Waals surface area contributed by atoms with Crippen molar-refractivity contribution in [1.82, 2.24) is 0 Å². The first-order valence-corrected chi connectivity index (χ1v) is 5.97. The monoisotopic (exact) mass is 254 g/mol. The van der Waals surface area contributed by atoms with Crippen molar-refractivity contribution >= 4 is 11.9 Å². The molecule has 1 N–H and O–H groups in total. The Balaban J connectivity index is 2.00. The van der Waals surface area contributed by atoms with Gasteiger partial charge in [0.05, 0.1) is 0 Å². The highest BCUT2D eigenvalue weighted by molar-refractivity contribution is 6.16. The van der Waals surface area contributed by atoms with Crippen LogP contribution in [-0.4, -0.2) is 10.9 Å². The Morgan fingerprint density at radius 2 is 1.84 bits per heavy atom.